The molecule has 5 nitrogen and oxygen atoms in total. The van der Waals surface area contributed by atoms with Gasteiger partial charge in [-0.05, 0) is 36.7 Å². The molecule has 0 fully saturated rings. The van der Waals surface area contributed by atoms with Gasteiger partial charge in [-0.25, -0.2) is 4.98 Å². The standard InChI is InChI=1S/C12H15BrN4OS/c1-4-17-10(9(13)6-15-17)11(18)16-8(3)12-14-5-7(2)19-12/h5-6,8H,4H2,1-3H3,(H,16,18). The van der Waals surface area contributed by atoms with Crippen LogP contribution in [0.25, 0.3) is 0 Å². The maximum atomic E-state index is 12.3. The second-order valence-corrected chi connectivity index (χ2v) is 6.28. The van der Waals surface area contributed by atoms with Crippen molar-refractivity contribution in [3.63, 3.8) is 0 Å². The molecule has 1 N–H and O–H groups in total. The van der Waals surface area contributed by atoms with Gasteiger partial charge in [0.25, 0.3) is 5.91 Å². The molecule has 0 aliphatic heterocycles. The Bertz CT molecular complexity index is 592. The van der Waals surface area contributed by atoms with E-state index in [1.165, 1.54) is 0 Å². The molecule has 2 aromatic rings. The molecule has 2 aromatic heterocycles. The Hall–Kier alpha value is -1.21. The zero-order valence-corrected chi connectivity index (χ0v) is 13.4. The summed E-state index contributed by atoms with van der Waals surface area (Å²) in [5, 5.41) is 7.99. The van der Waals surface area contributed by atoms with Crippen molar-refractivity contribution in [3.05, 3.63) is 32.4 Å². The first-order chi connectivity index (χ1) is 9.02. The van der Waals surface area contributed by atoms with Crippen LogP contribution in [0.1, 0.15) is 40.3 Å². The fourth-order valence-corrected chi connectivity index (χ4v) is 2.98. The number of halogens is 1. The fourth-order valence-electron chi connectivity index (χ4n) is 1.73. The lowest BCUT2D eigenvalue weighted by Gasteiger charge is -2.12. The van der Waals surface area contributed by atoms with E-state index >= 15 is 0 Å². The van der Waals surface area contributed by atoms with Crippen molar-refractivity contribution in [3.8, 4) is 0 Å². The lowest BCUT2D eigenvalue weighted by atomic mass is 10.3. The van der Waals surface area contributed by atoms with Crippen LogP contribution in [-0.2, 0) is 6.54 Å². The Morgan fingerprint density at radius 1 is 1.58 bits per heavy atom. The average molecular weight is 343 g/mol. The van der Waals surface area contributed by atoms with Crippen LogP contribution >= 0.6 is 27.3 Å². The Morgan fingerprint density at radius 3 is 2.89 bits per heavy atom. The molecule has 19 heavy (non-hydrogen) atoms. The molecule has 1 atom stereocenters. The quantitative estimate of drug-likeness (QED) is 0.929. The molecule has 1 unspecified atom stereocenters. The van der Waals surface area contributed by atoms with Crippen LogP contribution in [0.2, 0.25) is 0 Å². The Kier molecular flexibility index (Phi) is 4.36. The Morgan fingerprint density at radius 2 is 2.32 bits per heavy atom. The van der Waals surface area contributed by atoms with Crippen LogP contribution in [0.4, 0.5) is 0 Å². The van der Waals surface area contributed by atoms with Gasteiger partial charge in [0.2, 0.25) is 0 Å². The van der Waals surface area contributed by atoms with Crippen molar-refractivity contribution in [2.75, 3.05) is 0 Å². The van der Waals surface area contributed by atoms with Gasteiger partial charge in [0.15, 0.2) is 0 Å². The number of aryl methyl sites for hydroxylation is 2. The number of thiazole rings is 1. The predicted molar refractivity (Wildman–Crippen MR) is 78.3 cm³/mol. The lowest BCUT2D eigenvalue weighted by molar-refractivity contribution is 0.0928. The number of carbonyl (C=O) groups is 1. The number of rotatable bonds is 4. The van der Waals surface area contributed by atoms with Crippen molar-refractivity contribution in [1.82, 2.24) is 20.1 Å². The molecule has 2 rings (SSSR count). The minimum atomic E-state index is -0.147. The first-order valence-electron chi connectivity index (χ1n) is 5.97. The maximum Gasteiger partial charge on any atom is 0.271 e. The third-order valence-corrected chi connectivity index (χ3v) is 4.34. The lowest BCUT2D eigenvalue weighted by Crippen LogP contribution is -2.29. The van der Waals surface area contributed by atoms with E-state index in [0.29, 0.717) is 16.7 Å². The summed E-state index contributed by atoms with van der Waals surface area (Å²) in [5.41, 5.74) is 0.544. The highest BCUT2D eigenvalue weighted by atomic mass is 79.9. The van der Waals surface area contributed by atoms with Crippen LogP contribution in [0.3, 0.4) is 0 Å². The Balaban J connectivity index is 2.14. The van der Waals surface area contributed by atoms with Gasteiger partial charge in [0, 0.05) is 17.6 Å². The number of hydrogen-bond acceptors (Lipinski definition) is 4. The molecule has 0 saturated heterocycles. The van der Waals surface area contributed by atoms with Crippen LogP contribution in [-0.4, -0.2) is 20.7 Å². The monoisotopic (exact) mass is 342 g/mol. The van der Waals surface area contributed by atoms with Crippen LogP contribution in [0, 0.1) is 6.92 Å². The minimum Gasteiger partial charge on any atom is -0.342 e. The molecule has 0 aliphatic rings. The SMILES string of the molecule is CCn1ncc(Br)c1C(=O)NC(C)c1ncc(C)s1. The number of carbonyl (C=O) groups excluding carboxylic acids is 1. The van der Waals surface area contributed by atoms with E-state index in [2.05, 4.69) is 31.3 Å². The van der Waals surface area contributed by atoms with Gasteiger partial charge < -0.3 is 5.32 Å². The number of hydrogen-bond donors (Lipinski definition) is 1. The van der Waals surface area contributed by atoms with E-state index in [1.54, 1.807) is 22.2 Å². The molecule has 0 saturated carbocycles. The number of nitrogens with one attached hydrogen (secondary N) is 1. The van der Waals surface area contributed by atoms with E-state index in [-0.39, 0.29) is 11.9 Å². The van der Waals surface area contributed by atoms with Crippen molar-refractivity contribution in [2.24, 2.45) is 0 Å². The van der Waals surface area contributed by atoms with E-state index < -0.39 is 0 Å². The Labute approximate surface area is 124 Å². The molecule has 7 heteroatoms. The summed E-state index contributed by atoms with van der Waals surface area (Å²) in [5.74, 6) is -0.147. The van der Waals surface area contributed by atoms with Crippen molar-refractivity contribution >= 4 is 33.2 Å². The van der Waals surface area contributed by atoms with Crippen molar-refractivity contribution in [1.29, 1.82) is 0 Å². The summed E-state index contributed by atoms with van der Waals surface area (Å²) in [6.45, 7) is 6.53. The van der Waals surface area contributed by atoms with Gasteiger partial charge in [0.05, 0.1) is 16.7 Å². The van der Waals surface area contributed by atoms with Crippen LogP contribution < -0.4 is 5.32 Å². The molecular formula is C12H15BrN4OS. The summed E-state index contributed by atoms with van der Waals surface area (Å²) in [6, 6.07) is -0.113. The van der Waals surface area contributed by atoms with E-state index in [0.717, 1.165) is 9.88 Å². The molecular weight excluding hydrogens is 328 g/mol. The van der Waals surface area contributed by atoms with Gasteiger partial charge in [-0.15, -0.1) is 11.3 Å². The molecule has 2 heterocycles. The third kappa shape index (κ3) is 3.03. The minimum absolute atomic E-state index is 0.113. The largest absolute Gasteiger partial charge is 0.342 e. The van der Waals surface area contributed by atoms with Crippen molar-refractivity contribution in [2.45, 2.75) is 33.4 Å². The van der Waals surface area contributed by atoms with E-state index in [1.807, 2.05) is 27.0 Å². The second-order valence-electron chi connectivity index (χ2n) is 4.16. The number of aromatic nitrogens is 3. The smallest absolute Gasteiger partial charge is 0.271 e. The molecule has 0 spiro atoms. The topological polar surface area (TPSA) is 59.8 Å². The summed E-state index contributed by atoms with van der Waals surface area (Å²) in [7, 11) is 0. The molecule has 102 valence electrons. The molecule has 1 amide bonds. The van der Waals surface area contributed by atoms with Gasteiger partial charge >= 0.3 is 0 Å². The zero-order chi connectivity index (χ0) is 14.0. The van der Waals surface area contributed by atoms with Crippen molar-refractivity contribution < 1.29 is 4.79 Å². The number of nitrogens with zero attached hydrogens (tertiary/aromatic N) is 3. The van der Waals surface area contributed by atoms with Crippen LogP contribution in [0.5, 0.6) is 0 Å². The average Bonchev–Trinajstić information content (AvgIpc) is 2.95. The molecule has 0 radical (unpaired) electrons. The third-order valence-electron chi connectivity index (χ3n) is 2.67. The second kappa shape index (κ2) is 5.83. The molecule has 0 bridgehead atoms. The highest BCUT2D eigenvalue weighted by Crippen LogP contribution is 2.21. The van der Waals surface area contributed by atoms with E-state index in [9.17, 15) is 4.79 Å². The summed E-state index contributed by atoms with van der Waals surface area (Å²) >= 11 is 4.94. The fraction of sp³-hybridized carbons (Fsp3) is 0.417. The van der Waals surface area contributed by atoms with Crippen LogP contribution in [0.15, 0.2) is 16.9 Å². The van der Waals surface area contributed by atoms with E-state index in [4.69, 9.17) is 0 Å². The van der Waals surface area contributed by atoms with Gasteiger partial charge in [-0.2, -0.15) is 5.10 Å². The molecule has 0 aliphatic carbocycles. The number of amides is 1. The maximum absolute atomic E-state index is 12.3. The molecule has 0 aromatic carbocycles. The first kappa shape index (κ1) is 14.2. The zero-order valence-electron chi connectivity index (χ0n) is 11.0. The normalized spacial score (nSPS) is 12.4. The highest BCUT2D eigenvalue weighted by molar-refractivity contribution is 9.10. The predicted octanol–water partition coefficient (Wildman–Crippen LogP) is 2.92. The summed E-state index contributed by atoms with van der Waals surface area (Å²) < 4.78 is 2.37. The summed E-state index contributed by atoms with van der Waals surface area (Å²) in [6.07, 6.45) is 3.45. The van der Waals surface area contributed by atoms with Gasteiger partial charge in [-0.3, -0.25) is 9.48 Å². The first-order valence-corrected chi connectivity index (χ1v) is 7.58. The van der Waals surface area contributed by atoms with Gasteiger partial charge in [-0.1, -0.05) is 0 Å². The summed E-state index contributed by atoms with van der Waals surface area (Å²) in [4.78, 5) is 17.7. The van der Waals surface area contributed by atoms with Gasteiger partial charge in [0.1, 0.15) is 10.7 Å². The highest BCUT2D eigenvalue weighted by Gasteiger charge is 2.19.